The van der Waals surface area contributed by atoms with Crippen molar-refractivity contribution in [3.8, 4) is 33.4 Å². The minimum atomic E-state index is -2.73. The average Bonchev–Trinajstić information content (AvgIpc) is 3.73. The van der Waals surface area contributed by atoms with Crippen molar-refractivity contribution in [2.75, 3.05) is 0 Å². The number of aryl methyl sites for hydroxylation is 4. The molecular formula is C48H44N2OS. The summed E-state index contributed by atoms with van der Waals surface area (Å²) in [7, 11) is 0. The molecule has 0 amide bonds. The van der Waals surface area contributed by atoms with Gasteiger partial charge in [0.15, 0.2) is 5.58 Å². The van der Waals surface area contributed by atoms with Crippen molar-refractivity contribution in [2.45, 2.75) is 82.2 Å². The molecule has 4 heteroatoms. The van der Waals surface area contributed by atoms with Gasteiger partial charge < -0.3 is 4.42 Å². The van der Waals surface area contributed by atoms with Crippen molar-refractivity contribution in [3.63, 3.8) is 0 Å². The summed E-state index contributed by atoms with van der Waals surface area (Å²) in [5.41, 5.74) is 5.39. The second kappa shape index (κ2) is 11.7. The maximum atomic E-state index is 8.92. The number of nitrogens with zero attached hydrogens (tertiary/aromatic N) is 2. The van der Waals surface area contributed by atoms with Crippen LogP contribution in [0.2, 0.25) is 0 Å². The molecule has 0 spiro atoms. The highest BCUT2D eigenvalue weighted by molar-refractivity contribution is 7.99. The van der Waals surface area contributed by atoms with Crippen LogP contribution in [0.15, 0.2) is 123 Å². The molecule has 0 unspecified atom stereocenters. The predicted octanol–water partition coefficient (Wildman–Crippen LogP) is 13.4. The molecule has 0 N–H and O–H groups in total. The number of oxazole rings is 1. The van der Waals surface area contributed by atoms with E-state index in [0.717, 1.165) is 26.4 Å². The molecule has 0 atom stereocenters. The number of hydrogen-bond acceptors (Lipinski definition) is 3. The smallest absolute Gasteiger partial charge is 0.307 e. The second-order valence-corrected chi connectivity index (χ2v) is 15.7. The van der Waals surface area contributed by atoms with Gasteiger partial charge in [-0.2, -0.15) is 4.98 Å². The van der Waals surface area contributed by atoms with E-state index in [0.29, 0.717) is 38.9 Å². The Morgan fingerprint density at radius 3 is 2.08 bits per heavy atom. The van der Waals surface area contributed by atoms with E-state index in [9.17, 15) is 0 Å². The maximum absolute atomic E-state index is 8.92. The molecule has 0 saturated carbocycles. The minimum Gasteiger partial charge on any atom is -0.422 e. The Morgan fingerprint density at radius 2 is 1.35 bits per heavy atom. The summed E-state index contributed by atoms with van der Waals surface area (Å²) in [5, 5.41) is 0. The lowest BCUT2D eigenvalue weighted by atomic mass is 9.61. The zero-order valence-electron chi connectivity index (χ0n) is 40.6. The average molecular weight is 708 g/mol. The van der Waals surface area contributed by atoms with Crippen LogP contribution in [0, 0.1) is 20.6 Å². The van der Waals surface area contributed by atoms with Crippen LogP contribution in [0.25, 0.3) is 61.4 Å². The van der Waals surface area contributed by atoms with Crippen LogP contribution in [0.1, 0.15) is 83.1 Å². The van der Waals surface area contributed by atoms with Gasteiger partial charge in [-0.25, -0.2) is 0 Å². The van der Waals surface area contributed by atoms with Crippen molar-refractivity contribution in [1.29, 1.82) is 0 Å². The zero-order valence-corrected chi connectivity index (χ0v) is 30.4. The topological polar surface area (TPSA) is 30.4 Å². The van der Waals surface area contributed by atoms with Crippen LogP contribution in [0.3, 0.4) is 0 Å². The number of fused-ring (bicyclic) bond motifs is 7. The molecule has 1 aliphatic heterocycles. The Hall–Kier alpha value is -5.06. The number of hydrogen-bond donors (Lipinski definition) is 0. The molecule has 2 aromatic heterocycles. The van der Waals surface area contributed by atoms with Crippen LogP contribution in [0.5, 0.6) is 0 Å². The summed E-state index contributed by atoms with van der Waals surface area (Å²) < 4.78 is 105. The van der Waals surface area contributed by atoms with Gasteiger partial charge in [-0.15, -0.1) is 0 Å². The van der Waals surface area contributed by atoms with E-state index in [2.05, 4.69) is 38.7 Å². The van der Waals surface area contributed by atoms with E-state index in [1.807, 2.05) is 52.9 Å². The molecule has 0 radical (unpaired) electrons. The van der Waals surface area contributed by atoms with E-state index in [-0.39, 0.29) is 39.2 Å². The van der Waals surface area contributed by atoms with Crippen LogP contribution >= 0.6 is 11.8 Å². The summed E-state index contributed by atoms with van der Waals surface area (Å²) in [6.07, 6.45) is -1.90. The molecule has 0 aliphatic carbocycles. The first-order chi connectivity index (χ1) is 29.3. The lowest BCUT2D eigenvalue weighted by Crippen LogP contribution is -2.40. The van der Waals surface area contributed by atoms with Crippen molar-refractivity contribution < 1.29 is 19.5 Å². The molecule has 8 aromatic rings. The number of benzene rings is 6. The van der Waals surface area contributed by atoms with E-state index in [4.69, 9.17) is 19.5 Å². The number of rotatable bonds is 4. The Kier molecular flexibility index (Phi) is 5.14. The van der Waals surface area contributed by atoms with E-state index in [1.54, 1.807) is 42.5 Å². The molecule has 0 saturated heterocycles. The van der Waals surface area contributed by atoms with Gasteiger partial charge in [0.2, 0.25) is 0 Å². The quantitative estimate of drug-likeness (QED) is 0.182. The van der Waals surface area contributed by atoms with Gasteiger partial charge in [0.05, 0.1) is 16.6 Å². The molecule has 6 aromatic carbocycles. The Morgan fingerprint density at radius 1 is 0.692 bits per heavy atom. The van der Waals surface area contributed by atoms with Gasteiger partial charge in [0, 0.05) is 30.4 Å². The lowest BCUT2D eigenvalue weighted by molar-refractivity contribution is 0.296. The predicted molar refractivity (Wildman–Crippen MR) is 219 cm³/mol. The molecule has 1 aliphatic rings. The highest BCUT2D eigenvalue weighted by Crippen LogP contribution is 2.56. The molecular weight excluding hydrogens is 653 g/mol. The van der Waals surface area contributed by atoms with Gasteiger partial charge in [-0.3, -0.25) is 4.40 Å². The van der Waals surface area contributed by atoms with Crippen LogP contribution in [-0.2, 0) is 17.2 Å². The van der Waals surface area contributed by atoms with Gasteiger partial charge >= 0.3 is 5.84 Å². The summed E-state index contributed by atoms with van der Waals surface area (Å²) in [4.78, 5) is 6.37. The van der Waals surface area contributed by atoms with Gasteiger partial charge in [-0.05, 0) is 135 Å². The van der Waals surface area contributed by atoms with Crippen molar-refractivity contribution in [1.82, 2.24) is 9.38 Å². The third-order valence-electron chi connectivity index (χ3n) is 11.4. The Labute approximate surface area is 326 Å². The summed E-state index contributed by atoms with van der Waals surface area (Å²) >= 11 is 1.48. The maximum Gasteiger partial charge on any atom is 0.307 e. The largest absolute Gasteiger partial charge is 0.422 e. The third kappa shape index (κ3) is 4.70. The Bertz CT molecular complexity index is 3160. The molecule has 258 valence electrons. The first-order valence-electron chi connectivity index (χ1n) is 22.9. The molecule has 3 nitrogen and oxygen atoms in total. The van der Waals surface area contributed by atoms with Crippen molar-refractivity contribution >= 4 is 39.7 Å². The molecule has 0 bridgehead atoms. The minimum absolute atomic E-state index is 0.0796. The van der Waals surface area contributed by atoms with Crippen molar-refractivity contribution in [2.24, 2.45) is 0 Å². The molecule has 0 fully saturated rings. The summed E-state index contributed by atoms with van der Waals surface area (Å²) in [6, 6.07) is 31.9. The fourth-order valence-electron chi connectivity index (χ4n) is 7.91. The van der Waals surface area contributed by atoms with Gasteiger partial charge in [-0.1, -0.05) is 119 Å². The van der Waals surface area contributed by atoms with Crippen LogP contribution in [0.4, 0.5) is 0 Å². The third-order valence-corrected chi connectivity index (χ3v) is 12.6. The first-order valence-corrected chi connectivity index (χ1v) is 18.2. The summed E-state index contributed by atoms with van der Waals surface area (Å²) in [5.74, 6) is 0.289. The van der Waals surface area contributed by atoms with E-state index in [1.165, 1.54) is 30.8 Å². The van der Waals surface area contributed by atoms with Crippen molar-refractivity contribution in [3.05, 3.63) is 143 Å². The molecule has 52 heavy (non-hydrogen) atoms. The van der Waals surface area contributed by atoms with Gasteiger partial charge in [0.1, 0.15) is 0 Å². The highest BCUT2D eigenvalue weighted by Gasteiger charge is 2.45. The number of aromatic nitrogens is 2. The van der Waals surface area contributed by atoms with E-state index >= 15 is 0 Å². The highest BCUT2D eigenvalue weighted by atomic mass is 32.2. The lowest BCUT2D eigenvalue weighted by Gasteiger charge is -2.42. The summed E-state index contributed by atoms with van der Waals surface area (Å²) in [6.45, 7) is 2.07. The number of imidazole rings is 1. The van der Waals surface area contributed by atoms with Crippen LogP contribution in [-0.4, -0.2) is 9.38 Å². The SMILES string of the molecule is [2H]C([2H])([2H])c1ccc(-c2c(C([2H])([2H])[2H])ccc3c2Sc2ccccc2C(C)(C)C3(C)C)cc1-c1cc(-c2c(C([2H])([2H])C)ccc3c2oc2nc4ccccc4n23)ccc1C([2H])([2H])[2H]. The van der Waals surface area contributed by atoms with E-state index < -0.39 is 37.8 Å². The van der Waals surface area contributed by atoms with Gasteiger partial charge in [0.25, 0.3) is 0 Å². The first kappa shape index (κ1) is 22.8. The standard InChI is InChI=1S/C48H44N2OS/c1-9-31-23-25-40-44(51-46-49-38-15-11-12-16-39(38)50(40)46)43(31)33-22-19-29(3)35(27-33)34-26-32(21-18-28(34)2)42-30(4)20-24-37-45(42)52-41-17-13-10-14-36(41)47(5,6)48(37,7)8/h10-27H,9H2,1-8H3/i2D3,3D3,4D3,9D2. The Balaban J connectivity index is 1.36. The number of para-hydroxylation sites is 2. The molecule has 9 rings (SSSR count). The zero-order chi connectivity index (χ0) is 45.4. The second-order valence-electron chi connectivity index (χ2n) is 14.6. The fourth-order valence-corrected chi connectivity index (χ4v) is 9.47. The normalized spacial score (nSPS) is 19.0. The molecule has 3 heterocycles. The fraction of sp³-hybridized carbons (Fsp3) is 0.229. The van der Waals surface area contributed by atoms with Crippen LogP contribution < -0.4 is 0 Å². The monoisotopic (exact) mass is 707 g/mol.